The quantitative estimate of drug-likeness (QED) is 0.106. The van der Waals surface area contributed by atoms with Gasteiger partial charge in [-0.3, -0.25) is 14.4 Å². The fourth-order valence-electron chi connectivity index (χ4n) is 9.66. The number of benzene rings is 5. The number of hydrogen-bond acceptors (Lipinski definition) is 7. The summed E-state index contributed by atoms with van der Waals surface area (Å²) in [4.78, 5) is 36.5. The zero-order valence-corrected chi connectivity index (χ0v) is 54.5. The number of aromatic nitrogens is 2. The van der Waals surface area contributed by atoms with Crippen LogP contribution in [0, 0.1) is 17.3 Å². The van der Waals surface area contributed by atoms with E-state index in [1.807, 2.05) is 53.3 Å². The van der Waals surface area contributed by atoms with Crippen molar-refractivity contribution in [1.29, 1.82) is 0 Å². The van der Waals surface area contributed by atoms with E-state index in [0.717, 1.165) is 67.5 Å². The van der Waals surface area contributed by atoms with Crippen molar-refractivity contribution in [2.75, 3.05) is 7.11 Å². The smallest absolute Gasteiger partial charge is 0.181 e. The zero-order valence-electron chi connectivity index (χ0n) is 53.7. The van der Waals surface area contributed by atoms with E-state index >= 15 is 0 Å². The highest BCUT2D eigenvalue weighted by atomic mass is 32.2. The van der Waals surface area contributed by atoms with Crippen LogP contribution in [0.25, 0.3) is 5.69 Å². The van der Waals surface area contributed by atoms with Crippen LogP contribution in [-0.2, 0) is 59.3 Å². The highest BCUT2D eigenvalue weighted by Crippen LogP contribution is 2.48. The van der Waals surface area contributed by atoms with Gasteiger partial charge in [0.2, 0.25) is 0 Å². The lowest BCUT2D eigenvalue weighted by Gasteiger charge is -2.24. The summed E-state index contributed by atoms with van der Waals surface area (Å²) < 4.78 is 31.4. The van der Waals surface area contributed by atoms with E-state index in [1.54, 1.807) is 19.4 Å². The predicted molar refractivity (Wildman–Crippen MR) is 350 cm³/mol. The number of ether oxygens (including phenoxy) is 1. The second-order valence-corrected chi connectivity index (χ2v) is 31.6. The number of rotatable bonds is 13. The third-order valence-corrected chi connectivity index (χ3v) is 18.7. The molecule has 1 heterocycles. The van der Waals surface area contributed by atoms with Crippen molar-refractivity contribution in [2.45, 2.75) is 232 Å². The molecule has 0 atom stereocenters. The monoisotopic (exact) mass is 1160 g/mol. The van der Waals surface area contributed by atoms with Crippen LogP contribution in [0.3, 0.4) is 0 Å². The number of methoxy groups -OCH3 is 1. The van der Waals surface area contributed by atoms with E-state index in [9.17, 15) is 22.8 Å². The molecule has 4 aliphatic rings. The molecule has 1 aromatic heterocycles. The molecule has 0 bridgehead atoms. The highest BCUT2D eigenvalue weighted by Gasteiger charge is 2.45. The molecule has 0 saturated heterocycles. The van der Waals surface area contributed by atoms with E-state index < -0.39 is 9.84 Å². The molecule has 0 spiro atoms. The summed E-state index contributed by atoms with van der Waals surface area (Å²) in [5.41, 5.74) is 10.9. The average molecular weight is 1160 g/mol. The van der Waals surface area contributed by atoms with Gasteiger partial charge in [-0.1, -0.05) is 210 Å². The molecule has 4 aliphatic carbocycles. The molecule has 0 aliphatic heterocycles. The SMILES string of the molecule is C.CC(C)(C)c1cccc(CC(=O)C2CCC2)c1.CC(C)(C)c1cccc(CC(=O)CC2CC2)c1.CC(C)(C)c1cccc(S(=O)(=O)C2CC2)c1.CC1(C(=O)c2cccc(C(C)(C)C)c2)CC1.COc1cc(C(C)(C)C)ccc1-n1cccn1. The van der Waals surface area contributed by atoms with Crippen molar-refractivity contribution in [3.8, 4) is 11.4 Å². The Kier molecular flexibility index (Phi) is 23.0. The molecule has 4 saturated carbocycles. The Morgan fingerprint density at radius 2 is 1.05 bits per heavy atom. The molecule has 0 N–H and O–H groups in total. The maximum atomic E-state index is 12.2. The van der Waals surface area contributed by atoms with E-state index in [-0.39, 0.29) is 45.2 Å². The maximum Gasteiger partial charge on any atom is 0.181 e. The minimum Gasteiger partial charge on any atom is -0.494 e. The molecular formula is C75H104N2O6S. The Morgan fingerprint density at radius 3 is 1.49 bits per heavy atom. The standard InChI is InChI=1S/2C16H22O.C15H20O.C14H18N2O.C13H18O2S.CH4/c1-16(2,3)14-9-4-6-12(10-14)11-15(17)13-7-5-8-13;1-16(2,3)14-6-4-5-13(9-14)11-15(17)10-12-7-8-12;1-14(2,3)12-7-5-6-11(10-12)13(16)15(4)8-9-15;1-14(2,3)11-6-7-12(13(10-11)17-4)16-9-5-8-15-16;1-13(2,3)10-5-4-6-12(9-10)16(14,15)11-7-8-11;/h4,6,9-10,13H,5,7-8,11H2,1-3H3;4-6,9,12H,7-8,10-11H2,1-3H3;5-7,10H,8-9H2,1-4H3;5-10H,1-4H3;4-6,9,11H,7-8H2,1-3H3;1H4. The van der Waals surface area contributed by atoms with E-state index in [4.69, 9.17) is 4.74 Å². The minimum absolute atomic E-state index is 0. The van der Waals surface area contributed by atoms with Gasteiger partial charge in [0.1, 0.15) is 23.0 Å². The molecule has 10 rings (SSSR count). The van der Waals surface area contributed by atoms with E-state index in [0.29, 0.717) is 46.9 Å². The molecule has 456 valence electrons. The van der Waals surface area contributed by atoms with Gasteiger partial charge in [0, 0.05) is 48.6 Å². The van der Waals surface area contributed by atoms with Gasteiger partial charge in [0.15, 0.2) is 15.6 Å². The van der Waals surface area contributed by atoms with Crippen molar-refractivity contribution in [2.24, 2.45) is 17.3 Å². The van der Waals surface area contributed by atoms with Gasteiger partial charge in [0.05, 0.1) is 17.3 Å². The third kappa shape index (κ3) is 20.4. The van der Waals surface area contributed by atoms with Crippen molar-refractivity contribution in [1.82, 2.24) is 9.78 Å². The number of ketones is 3. The van der Waals surface area contributed by atoms with Crippen LogP contribution < -0.4 is 4.74 Å². The van der Waals surface area contributed by atoms with Crippen LogP contribution in [-0.4, -0.2) is 47.9 Å². The number of nitrogens with zero attached hydrogens (tertiary/aromatic N) is 2. The van der Waals surface area contributed by atoms with Gasteiger partial charge in [-0.25, -0.2) is 13.1 Å². The van der Waals surface area contributed by atoms with Crippen LogP contribution in [0.4, 0.5) is 0 Å². The molecule has 6 aromatic rings. The molecule has 0 unspecified atom stereocenters. The van der Waals surface area contributed by atoms with Gasteiger partial charge in [-0.15, -0.1) is 0 Å². The van der Waals surface area contributed by atoms with Gasteiger partial charge in [-0.05, 0) is 160 Å². The Balaban J connectivity index is 0.000000192. The van der Waals surface area contributed by atoms with Crippen LogP contribution >= 0.6 is 0 Å². The van der Waals surface area contributed by atoms with Crippen molar-refractivity contribution < 1.29 is 27.5 Å². The molecule has 0 radical (unpaired) electrons. The van der Waals surface area contributed by atoms with Crippen LogP contribution in [0.15, 0.2) is 139 Å². The summed E-state index contributed by atoms with van der Waals surface area (Å²) >= 11 is 0. The molecule has 84 heavy (non-hydrogen) atoms. The molecule has 9 heteroatoms. The number of carbonyl (C=O) groups is 3. The van der Waals surface area contributed by atoms with E-state index in [2.05, 4.69) is 189 Å². The summed E-state index contributed by atoms with van der Waals surface area (Å²) in [6.07, 6.45) is 15.4. The normalized spacial score (nSPS) is 15.7. The summed E-state index contributed by atoms with van der Waals surface area (Å²) in [7, 11) is -1.36. The Labute approximate surface area is 508 Å². The molecule has 4 fully saturated rings. The van der Waals surface area contributed by atoms with Gasteiger partial charge < -0.3 is 4.74 Å². The highest BCUT2D eigenvalue weighted by molar-refractivity contribution is 7.92. The Hall–Kier alpha value is -5.93. The fraction of sp³-hybridized carbons (Fsp3) is 0.520. The third-order valence-electron chi connectivity index (χ3n) is 16.5. The first-order valence-corrected chi connectivity index (χ1v) is 32.0. The lowest BCUT2D eigenvalue weighted by atomic mass is 9.79. The van der Waals surface area contributed by atoms with Gasteiger partial charge in [0.25, 0.3) is 0 Å². The zero-order chi connectivity index (χ0) is 61.3. The largest absolute Gasteiger partial charge is 0.494 e. The fourth-order valence-corrected chi connectivity index (χ4v) is 11.4. The number of hydrogen-bond donors (Lipinski definition) is 0. The minimum atomic E-state index is -3.05. The molecule has 0 amide bonds. The molecule has 5 aromatic carbocycles. The van der Waals surface area contributed by atoms with Gasteiger partial charge in [-0.2, -0.15) is 5.10 Å². The predicted octanol–water partition coefficient (Wildman–Crippen LogP) is 18.5. The number of sulfone groups is 1. The lowest BCUT2D eigenvalue weighted by molar-refractivity contribution is -0.124. The van der Waals surface area contributed by atoms with E-state index in [1.165, 1.54) is 52.6 Å². The lowest BCUT2D eigenvalue weighted by Crippen LogP contribution is -2.23. The van der Waals surface area contributed by atoms with Crippen molar-refractivity contribution in [3.05, 3.63) is 178 Å². The summed E-state index contributed by atoms with van der Waals surface area (Å²) in [6, 6.07) is 40.6. The second-order valence-electron chi connectivity index (χ2n) is 29.4. The van der Waals surface area contributed by atoms with Crippen LogP contribution in [0.5, 0.6) is 5.75 Å². The average Bonchev–Trinajstić information content (AvgIpc) is 3.36. The van der Waals surface area contributed by atoms with Crippen molar-refractivity contribution in [3.63, 3.8) is 0 Å². The first-order chi connectivity index (χ1) is 38.6. The maximum absolute atomic E-state index is 12.2. The number of Topliss-reactive ketones (excluding diaryl/α,β-unsaturated/α-hetero) is 3. The second kappa shape index (κ2) is 28.1. The molecule has 8 nitrogen and oxygen atoms in total. The Morgan fingerprint density at radius 1 is 0.571 bits per heavy atom. The summed E-state index contributed by atoms with van der Waals surface area (Å²) in [6.45, 7) is 34.7. The first kappa shape index (κ1) is 68.8. The molecular weight excluding hydrogens is 1060 g/mol. The Bertz CT molecular complexity index is 3240. The van der Waals surface area contributed by atoms with Crippen molar-refractivity contribution >= 4 is 27.2 Å². The van der Waals surface area contributed by atoms with Crippen LogP contribution in [0.1, 0.15) is 232 Å². The first-order valence-electron chi connectivity index (χ1n) is 30.5. The van der Waals surface area contributed by atoms with Crippen LogP contribution in [0.2, 0.25) is 0 Å². The van der Waals surface area contributed by atoms with Gasteiger partial charge >= 0.3 is 0 Å². The summed E-state index contributed by atoms with van der Waals surface area (Å²) in [5, 5.41) is 4.10. The summed E-state index contributed by atoms with van der Waals surface area (Å²) in [5.74, 6) is 3.06. The number of carbonyl (C=O) groups excluding carboxylic acids is 3. The topological polar surface area (TPSA) is 112 Å².